The van der Waals surface area contributed by atoms with Crippen LogP contribution in [0.5, 0.6) is 0 Å². The van der Waals surface area contributed by atoms with Gasteiger partial charge in [-0.1, -0.05) is 19.8 Å². The normalized spacial score (nSPS) is 20.7. The third-order valence-electron chi connectivity index (χ3n) is 3.39. The van der Waals surface area contributed by atoms with E-state index in [0.717, 1.165) is 12.8 Å². The molecular formula is C11H23NO2S. The molecule has 4 heteroatoms. The molecule has 0 aliphatic heterocycles. The lowest BCUT2D eigenvalue weighted by molar-refractivity contribution is 0.538. The molecule has 0 aromatic heterocycles. The van der Waals surface area contributed by atoms with Gasteiger partial charge in [-0.15, -0.1) is 0 Å². The number of hydrogen-bond donors (Lipinski definition) is 1. The molecule has 0 amide bonds. The first-order chi connectivity index (χ1) is 7.10. The fourth-order valence-electron chi connectivity index (χ4n) is 2.47. The van der Waals surface area contributed by atoms with Crippen molar-refractivity contribution in [2.45, 2.75) is 50.7 Å². The molecule has 15 heavy (non-hydrogen) atoms. The third-order valence-corrected chi connectivity index (χ3v) is 5.92. The van der Waals surface area contributed by atoms with Gasteiger partial charge >= 0.3 is 0 Å². The van der Waals surface area contributed by atoms with Gasteiger partial charge in [0.05, 0.1) is 11.0 Å². The lowest BCUT2D eigenvalue weighted by Crippen LogP contribution is -2.28. The molecule has 1 fully saturated rings. The summed E-state index contributed by atoms with van der Waals surface area (Å²) in [5.74, 6) is 0.813. The topological polar surface area (TPSA) is 60.2 Å². The molecule has 1 unspecified atom stereocenters. The van der Waals surface area contributed by atoms with Crippen LogP contribution in [0.25, 0.3) is 0 Å². The smallest absolute Gasteiger partial charge is 0.153 e. The molecule has 0 bridgehead atoms. The number of nitrogens with two attached hydrogens (primary N) is 1. The molecule has 1 rings (SSSR count). The van der Waals surface area contributed by atoms with E-state index in [9.17, 15) is 8.42 Å². The molecule has 3 nitrogen and oxygen atoms in total. The third kappa shape index (κ3) is 3.76. The first-order valence-corrected chi connectivity index (χ1v) is 7.73. The lowest BCUT2D eigenvalue weighted by atomic mass is 10.1. The van der Waals surface area contributed by atoms with Crippen LogP contribution in [-0.2, 0) is 9.84 Å². The predicted molar refractivity (Wildman–Crippen MR) is 63.5 cm³/mol. The van der Waals surface area contributed by atoms with Gasteiger partial charge in [0, 0.05) is 0 Å². The fraction of sp³-hybridized carbons (Fsp3) is 1.00. The number of rotatable bonds is 6. The van der Waals surface area contributed by atoms with Crippen LogP contribution in [0.2, 0.25) is 0 Å². The van der Waals surface area contributed by atoms with E-state index >= 15 is 0 Å². The predicted octanol–water partition coefficient (Wildman–Crippen LogP) is 1.72. The second-order valence-electron chi connectivity index (χ2n) is 4.59. The highest BCUT2D eigenvalue weighted by molar-refractivity contribution is 7.92. The van der Waals surface area contributed by atoms with Gasteiger partial charge in [-0.25, -0.2) is 8.42 Å². The minimum atomic E-state index is -2.90. The lowest BCUT2D eigenvalue weighted by Gasteiger charge is -2.17. The van der Waals surface area contributed by atoms with E-state index in [1.54, 1.807) is 0 Å². The molecule has 90 valence electrons. The van der Waals surface area contributed by atoms with Gasteiger partial charge in [-0.05, 0) is 38.1 Å². The van der Waals surface area contributed by atoms with Crippen molar-refractivity contribution in [1.82, 2.24) is 0 Å². The summed E-state index contributed by atoms with van der Waals surface area (Å²) >= 11 is 0. The Hall–Kier alpha value is -0.0900. The second kappa shape index (κ2) is 5.85. The molecule has 0 radical (unpaired) electrons. The first kappa shape index (κ1) is 13.0. The summed E-state index contributed by atoms with van der Waals surface area (Å²) in [5.41, 5.74) is 5.45. The molecule has 1 aliphatic carbocycles. The van der Waals surface area contributed by atoms with Crippen molar-refractivity contribution in [3.8, 4) is 0 Å². The van der Waals surface area contributed by atoms with Crippen LogP contribution in [0, 0.1) is 5.92 Å². The standard InChI is InChI=1S/C11H23NO2S/c1-2-11(7-8-12)15(13,14)9-10-5-3-4-6-10/h10-11H,2-9,12H2,1H3. The maximum absolute atomic E-state index is 12.1. The minimum absolute atomic E-state index is 0.205. The largest absolute Gasteiger partial charge is 0.330 e. The zero-order chi connectivity index (χ0) is 11.3. The van der Waals surface area contributed by atoms with Crippen molar-refractivity contribution >= 4 is 9.84 Å². The summed E-state index contributed by atoms with van der Waals surface area (Å²) in [6.07, 6.45) is 5.91. The Bertz CT molecular complexity index is 268. The molecule has 0 heterocycles. The van der Waals surface area contributed by atoms with E-state index in [4.69, 9.17) is 5.73 Å². The average Bonchev–Trinajstić information content (AvgIpc) is 2.65. The van der Waals surface area contributed by atoms with Crippen LogP contribution in [-0.4, -0.2) is 26.0 Å². The van der Waals surface area contributed by atoms with E-state index < -0.39 is 9.84 Å². The zero-order valence-electron chi connectivity index (χ0n) is 9.61. The van der Waals surface area contributed by atoms with Gasteiger partial charge < -0.3 is 5.73 Å². The fourth-order valence-corrected chi connectivity index (χ4v) is 4.73. The van der Waals surface area contributed by atoms with Crippen molar-refractivity contribution in [2.75, 3.05) is 12.3 Å². The summed E-state index contributed by atoms with van der Waals surface area (Å²) < 4.78 is 24.1. The molecule has 1 atom stereocenters. The SMILES string of the molecule is CCC(CCN)S(=O)(=O)CC1CCCC1. The van der Waals surface area contributed by atoms with Gasteiger partial charge in [0.15, 0.2) is 9.84 Å². The highest BCUT2D eigenvalue weighted by Gasteiger charge is 2.28. The van der Waals surface area contributed by atoms with E-state index in [1.165, 1.54) is 12.8 Å². The van der Waals surface area contributed by atoms with Crippen LogP contribution in [0.4, 0.5) is 0 Å². The maximum Gasteiger partial charge on any atom is 0.153 e. The second-order valence-corrected chi connectivity index (χ2v) is 6.91. The van der Waals surface area contributed by atoms with Crippen LogP contribution >= 0.6 is 0 Å². The Labute approximate surface area is 93.3 Å². The summed E-state index contributed by atoms with van der Waals surface area (Å²) in [5, 5.41) is -0.205. The summed E-state index contributed by atoms with van der Waals surface area (Å²) in [6, 6.07) is 0. The quantitative estimate of drug-likeness (QED) is 0.760. The van der Waals surface area contributed by atoms with Crippen molar-refractivity contribution in [3.05, 3.63) is 0 Å². The molecule has 1 aliphatic rings. The highest BCUT2D eigenvalue weighted by Crippen LogP contribution is 2.27. The first-order valence-electron chi connectivity index (χ1n) is 6.01. The van der Waals surface area contributed by atoms with Crippen LogP contribution in [0.15, 0.2) is 0 Å². The number of sulfone groups is 1. The minimum Gasteiger partial charge on any atom is -0.330 e. The molecule has 0 saturated heterocycles. The average molecular weight is 233 g/mol. The van der Waals surface area contributed by atoms with E-state index in [1.807, 2.05) is 6.92 Å². The number of hydrogen-bond acceptors (Lipinski definition) is 3. The molecule has 0 aromatic carbocycles. The summed E-state index contributed by atoms with van der Waals surface area (Å²) in [7, 11) is -2.90. The molecule has 0 aromatic rings. The van der Waals surface area contributed by atoms with Gasteiger partial charge in [0.2, 0.25) is 0 Å². The Morgan fingerprint density at radius 3 is 2.40 bits per heavy atom. The van der Waals surface area contributed by atoms with Gasteiger partial charge in [0.25, 0.3) is 0 Å². The van der Waals surface area contributed by atoms with Crippen molar-refractivity contribution in [3.63, 3.8) is 0 Å². The maximum atomic E-state index is 12.1. The molecule has 1 saturated carbocycles. The monoisotopic (exact) mass is 233 g/mol. The van der Waals surface area contributed by atoms with Gasteiger partial charge in [0.1, 0.15) is 0 Å². The Balaban J connectivity index is 2.55. The zero-order valence-corrected chi connectivity index (χ0v) is 10.4. The summed E-state index contributed by atoms with van der Waals surface area (Å²) in [6.45, 7) is 2.41. The van der Waals surface area contributed by atoms with Crippen molar-refractivity contribution < 1.29 is 8.42 Å². The molecular weight excluding hydrogens is 210 g/mol. The van der Waals surface area contributed by atoms with E-state index in [2.05, 4.69) is 0 Å². The molecule has 2 N–H and O–H groups in total. The van der Waals surface area contributed by atoms with E-state index in [-0.39, 0.29) is 5.25 Å². The van der Waals surface area contributed by atoms with Crippen LogP contribution in [0.3, 0.4) is 0 Å². The Morgan fingerprint density at radius 2 is 1.93 bits per heavy atom. The van der Waals surface area contributed by atoms with Gasteiger partial charge in [-0.3, -0.25) is 0 Å². The van der Waals surface area contributed by atoms with Crippen molar-refractivity contribution in [2.24, 2.45) is 11.7 Å². The summed E-state index contributed by atoms with van der Waals surface area (Å²) in [4.78, 5) is 0. The van der Waals surface area contributed by atoms with Crippen molar-refractivity contribution in [1.29, 1.82) is 0 Å². The van der Waals surface area contributed by atoms with Crippen LogP contribution in [0.1, 0.15) is 45.4 Å². The highest BCUT2D eigenvalue weighted by atomic mass is 32.2. The van der Waals surface area contributed by atoms with Crippen LogP contribution < -0.4 is 5.73 Å². The Kier molecular flexibility index (Phi) is 5.06. The van der Waals surface area contributed by atoms with E-state index in [0.29, 0.717) is 31.1 Å². The Morgan fingerprint density at radius 1 is 1.33 bits per heavy atom. The molecule has 0 spiro atoms. The van der Waals surface area contributed by atoms with Gasteiger partial charge in [-0.2, -0.15) is 0 Å².